The lowest BCUT2D eigenvalue weighted by molar-refractivity contribution is -0.136. The van der Waals surface area contributed by atoms with Gasteiger partial charge in [-0.1, -0.05) is 12.1 Å². The van der Waals surface area contributed by atoms with Crippen LogP contribution in [0.4, 0.5) is 0 Å². The van der Waals surface area contributed by atoms with Gasteiger partial charge < -0.3 is 14.7 Å². The van der Waals surface area contributed by atoms with Crippen LogP contribution in [-0.2, 0) is 4.79 Å². The number of piperidine rings is 1. The highest BCUT2D eigenvalue weighted by molar-refractivity contribution is 6.00. The number of fused-ring (bicyclic) bond motifs is 3. The molecular weight excluding hydrogens is 318 g/mol. The van der Waals surface area contributed by atoms with E-state index in [2.05, 4.69) is 0 Å². The number of ether oxygens (including phenoxy) is 1. The SMILES string of the molecule is O=C1C[C@@]2(CC[C@H]3[C@@H](C(=O)N4CCC(O)CC4)[C@@H]32)Oc2ccccc21. The minimum absolute atomic E-state index is 0.00190. The van der Waals surface area contributed by atoms with Gasteiger partial charge in [-0.15, -0.1) is 0 Å². The number of nitrogens with zero attached hydrogens (tertiary/aromatic N) is 1. The molecule has 0 bridgehead atoms. The molecule has 2 saturated carbocycles. The molecule has 25 heavy (non-hydrogen) atoms. The van der Waals surface area contributed by atoms with Gasteiger partial charge in [0.05, 0.1) is 18.1 Å². The Morgan fingerprint density at radius 1 is 1.20 bits per heavy atom. The number of amides is 1. The second-order valence-electron chi connectivity index (χ2n) is 8.07. The first-order chi connectivity index (χ1) is 12.1. The first-order valence-electron chi connectivity index (χ1n) is 9.37. The van der Waals surface area contributed by atoms with E-state index in [-0.39, 0.29) is 29.6 Å². The number of Topliss-reactive ketones (excluding diaryl/α,β-unsaturated/α-hetero) is 1. The Bertz CT molecular complexity index is 739. The Hall–Kier alpha value is -1.88. The van der Waals surface area contributed by atoms with Gasteiger partial charge in [0.15, 0.2) is 5.78 Å². The van der Waals surface area contributed by atoms with E-state index >= 15 is 0 Å². The molecule has 1 amide bonds. The van der Waals surface area contributed by atoms with Gasteiger partial charge in [0, 0.05) is 24.9 Å². The molecule has 2 aliphatic heterocycles. The number of ketones is 1. The van der Waals surface area contributed by atoms with Crippen LogP contribution in [0.5, 0.6) is 5.75 Å². The zero-order valence-electron chi connectivity index (χ0n) is 14.2. The van der Waals surface area contributed by atoms with Crippen LogP contribution >= 0.6 is 0 Å². The number of hydrogen-bond acceptors (Lipinski definition) is 4. The second-order valence-corrected chi connectivity index (χ2v) is 8.07. The Kier molecular flexibility index (Phi) is 3.26. The van der Waals surface area contributed by atoms with Crippen LogP contribution in [0, 0.1) is 17.8 Å². The van der Waals surface area contributed by atoms with Gasteiger partial charge >= 0.3 is 0 Å². The lowest BCUT2D eigenvalue weighted by atomic mass is 9.84. The third-order valence-electron chi connectivity index (χ3n) is 6.70. The molecule has 2 aliphatic carbocycles. The van der Waals surface area contributed by atoms with Gasteiger partial charge in [-0.2, -0.15) is 0 Å². The van der Waals surface area contributed by atoms with Gasteiger partial charge in [-0.3, -0.25) is 9.59 Å². The summed E-state index contributed by atoms with van der Waals surface area (Å²) in [5, 5.41) is 9.65. The highest BCUT2D eigenvalue weighted by Crippen LogP contribution is 2.66. The van der Waals surface area contributed by atoms with E-state index in [4.69, 9.17) is 4.74 Å². The van der Waals surface area contributed by atoms with Gasteiger partial charge in [0.2, 0.25) is 5.91 Å². The van der Waals surface area contributed by atoms with Crippen molar-refractivity contribution in [1.29, 1.82) is 0 Å². The molecule has 0 unspecified atom stereocenters. The molecule has 4 atom stereocenters. The van der Waals surface area contributed by atoms with Gasteiger partial charge in [0.1, 0.15) is 11.4 Å². The van der Waals surface area contributed by atoms with Crippen molar-refractivity contribution in [2.75, 3.05) is 13.1 Å². The topological polar surface area (TPSA) is 66.8 Å². The van der Waals surface area contributed by atoms with Crippen LogP contribution in [-0.4, -0.2) is 46.5 Å². The summed E-state index contributed by atoms with van der Waals surface area (Å²) in [6.45, 7) is 1.29. The Labute approximate surface area is 147 Å². The summed E-state index contributed by atoms with van der Waals surface area (Å²) >= 11 is 0. The minimum Gasteiger partial charge on any atom is -0.486 e. The lowest BCUT2D eigenvalue weighted by Crippen LogP contribution is -2.46. The van der Waals surface area contributed by atoms with Crippen molar-refractivity contribution in [2.45, 2.75) is 43.8 Å². The van der Waals surface area contributed by atoms with Crippen molar-refractivity contribution in [3.05, 3.63) is 29.8 Å². The van der Waals surface area contributed by atoms with Crippen molar-refractivity contribution < 1.29 is 19.4 Å². The minimum atomic E-state index is -0.480. The Morgan fingerprint density at radius 3 is 2.76 bits per heavy atom. The number of carbonyl (C=O) groups is 2. The first kappa shape index (κ1) is 15.4. The number of para-hydroxylation sites is 1. The maximum atomic E-state index is 12.9. The predicted octanol–water partition coefficient (Wildman–Crippen LogP) is 2.03. The van der Waals surface area contributed by atoms with Crippen LogP contribution in [0.3, 0.4) is 0 Å². The number of carbonyl (C=O) groups excluding carboxylic acids is 2. The summed E-state index contributed by atoms with van der Waals surface area (Å²) in [5.41, 5.74) is 0.191. The fourth-order valence-electron chi connectivity index (χ4n) is 5.40. The van der Waals surface area contributed by atoms with Crippen LogP contribution < -0.4 is 4.74 Å². The monoisotopic (exact) mass is 341 g/mol. The molecule has 5 nitrogen and oxygen atoms in total. The van der Waals surface area contributed by atoms with Gasteiger partial charge in [0.25, 0.3) is 0 Å². The summed E-state index contributed by atoms with van der Waals surface area (Å²) in [7, 11) is 0. The first-order valence-corrected chi connectivity index (χ1v) is 9.37. The fraction of sp³-hybridized carbons (Fsp3) is 0.600. The molecule has 1 N–H and O–H groups in total. The molecule has 2 heterocycles. The largest absolute Gasteiger partial charge is 0.486 e. The molecule has 0 radical (unpaired) electrons. The van der Waals surface area contributed by atoms with Crippen LogP contribution in [0.1, 0.15) is 42.5 Å². The standard InChI is InChI=1S/C20H23NO4/c22-12-6-9-21(10-7-12)19(24)17-14-5-8-20(18(14)17)11-15(23)13-3-1-2-4-16(13)25-20/h1-4,12,14,17-18,22H,5-11H2/t14-,17+,18+,20+/m0/s1. The number of benzene rings is 1. The quantitative estimate of drug-likeness (QED) is 0.849. The molecule has 1 spiro atoms. The smallest absolute Gasteiger partial charge is 0.226 e. The number of hydrogen-bond donors (Lipinski definition) is 1. The average molecular weight is 341 g/mol. The maximum absolute atomic E-state index is 12.9. The van der Waals surface area contributed by atoms with Crippen LogP contribution in [0.15, 0.2) is 24.3 Å². The number of rotatable bonds is 1. The van der Waals surface area contributed by atoms with Crippen molar-refractivity contribution in [3.63, 3.8) is 0 Å². The van der Waals surface area contributed by atoms with E-state index in [0.717, 1.165) is 12.8 Å². The van der Waals surface area contributed by atoms with Crippen LogP contribution in [0.25, 0.3) is 0 Å². The molecule has 1 aromatic rings. The number of aliphatic hydroxyl groups excluding tert-OH is 1. The molecule has 0 aromatic heterocycles. The second kappa shape index (κ2) is 5.31. The summed E-state index contributed by atoms with van der Waals surface area (Å²) in [4.78, 5) is 27.5. The Balaban J connectivity index is 1.36. The summed E-state index contributed by atoms with van der Waals surface area (Å²) in [5.74, 6) is 1.56. The number of likely N-dealkylation sites (tertiary alicyclic amines) is 1. The highest BCUT2D eigenvalue weighted by Gasteiger charge is 2.71. The maximum Gasteiger partial charge on any atom is 0.226 e. The van der Waals surface area contributed by atoms with E-state index in [1.807, 2.05) is 29.2 Å². The fourth-order valence-corrected chi connectivity index (χ4v) is 5.40. The van der Waals surface area contributed by atoms with Gasteiger partial charge in [-0.05, 0) is 43.7 Å². The normalized spacial score (nSPS) is 36.8. The molecular formula is C20H23NO4. The van der Waals surface area contributed by atoms with E-state index in [1.54, 1.807) is 0 Å². The third-order valence-corrected chi connectivity index (χ3v) is 6.70. The Morgan fingerprint density at radius 2 is 1.96 bits per heavy atom. The summed E-state index contributed by atoms with van der Waals surface area (Å²) < 4.78 is 6.36. The van der Waals surface area contributed by atoms with E-state index in [1.165, 1.54) is 0 Å². The van der Waals surface area contributed by atoms with E-state index < -0.39 is 5.60 Å². The lowest BCUT2D eigenvalue weighted by Gasteiger charge is -2.37. The van der Waals surface area contributed by atoms with Crippen molar-refractivity contribution >= 4 is 11.7 Å². The molecule has 5 heteroatoms. The summed E-state index contributed by atoms with van der Waals surface area (Å²) in [6, 6.07) is 7.45. The van der Waals surface area contributed by atoms with E-state index in [0.29, 0.717) is 49.6 Å². The van der Waals surface area contributed by atoms with Crippen LogP contribution in [0.2, 0.25) is 0 Å². The third kappa shape index (κ3) is 2.25. The number of aliphatic hydroxyl groups is 1. The zero-order valence-corrected chi connectivity index (χ0v) is 14.2. The van der Waals surface area contributed by atoms with Crippen molar-refractivity contribution in [3.8, 4) is 5.75 Å². The van der Waals surface area contributed by atoms with Crippen molar-refractivity contribution in [1.82, 2.24) is 4.90 Å². The van der Waals surface area contributed by atoms with Gasteiger partial charge in [-0.25, -0.2) is 0 Å². The highest BCUT2D eigenvalue weighted by atomic mass is 16.5. The molecule has 5 rings (SSSR count). The molecule has 132 valence electrons. The predicted molar refractivity (Wildman–Crippen MR) is 90.3 cm³/mol. The molecule has 1 saturated heterocycles. The molecule has 4 aliphatic rings. The average Bonchev–Trinajstić information content (AvgIpc) is 3.26. The molecule has 1 aromatic carbocycles. The summed E-state index contributed by atoms with van der Waals surface area (Å²) in [6.07, 6.45) is 3.29. The zero-order chi connectivity index (χ0) is 17.2. The van der Waals surface area contributed by atoms with E-state index in [9.17, 15) is 14.7 Å². The van der Waals surface area contributed by atoms with Crippen molar-refractivity contribution in [2.24, 2.45) is 17.8 Å². The molecule has 3 fully saturated rings.